The molecule has 1 saturated heterocycles. The fraction of sp³-hybridized carbons (Fsp3) is 0.300. The Morgan fingerprint density at radius 3 is 3.00 bits per heavy atom. The molecular formula is C20H22N6O. The van der Waals surface area contributed by atoms with Crippen LogP contribution in [0.4, 0.5) is 5.82 Å². The molecule has 27 heavy (non-hydrogen) atoms. The minimum atomic E-state index is -0.195. The molecule has 138 valence electrons. The van der Waals surface area contributed by atoms with Crippen molar-refractivity contribution in [3.63, 3.8) is 0 Å². The van der Waals surface area contributed by atoms with Gasteiger partial charge in [0.1, 0.15) is 18.0 Å². The number of anilines is 1. The van der Waals surface area contributed by atoms with E-state index >= 15 is 0 Å². The Morgan fingerprint density at radius 1 is 1.44 bits per heavy atom. The van der Waals surface area contributed by atoms with E-state index in [1.807, 2.05) is 43.3 Å². The van der Waals surface area contributed by atoms with Gasteiger partial charge >= 0.3 is 0 Å². The molecule has 3 N–H and O–H groups in total. The van der Waals surface area contributed by atoms with Gasteiger partial charge in [0, 0.05) is 30.0 Å². The number of rotatable bonds is 5. The number of nitriles is 1. The van der Waals surface area contributed by atoms with Crippen molar-refractivity contribution in [2.75, 3.05) is 18.4 Å². The SMILES string of the molecule is C/C(=C\N=C(\C#N)C(=N)OC1CCCNC1)Nc1cc2ccccc2cn1. The van der Waals surface area contributed by atoms with Gasteiger partial charge in [-0.1, -0.05) is 24.3 Å². The summed E-state index contributed by atoms with van der Waals surface area (Å²) in [7, 11) is 0. The quantitative estimate of drug-likeness (QED) is 0.559. The maximum Gasteiger partial charge on any atom is 0.243 e. The van der Waals surface area contributed by atoms with Crippen molar-refractivity contribution in [3.8, 4) is 6.07 Å². The molecule has 0 aliphatic carbocycles. The molecule has 2 heterocycles. The molecule has 1 aromatic carbocycles. The third-order valence-corrected chi connectivity index (χ3v) is 4.20. The molecular weight excluding hydrogens is 340 g/mol. The van der Waals surface area contributed by atoms with Gasteiger partial charge in [0.25, 0.3) is 0 Å². The van der Waals surface area contributed by atoms with Crippen LogP contribution in [0, 0.1) is 16.7 Å². The normalized spacial score (nSPS) is 18.0. The number of aliphatic imine (C=N–C) groups is 1. The predicted molar refractivity (Wildman–Crippen MR) is 107 cm³/mol. The van der Waals surface area contributed by atoms with Gasteiger partial charge in [-0.05, 0) is 37.8 Å². The van der Waals surface area contributed by atoms with Crippen molar-refractivity contribution in [3.05, 3.63) is 48.4 Å². The summed E-state index contributed by atoms with van der Waals surface area (Å²) >= 11 is 0. The molecule has 0 bridgehead atoms. The molecule has 1 unspecified atom stereocenters. The van der Waals surface area contributed by atoms with Crippen LogP contribution in [0.25, 0.3) is 10.8 Å². The highest BCUT2D eigenvalue weighted by Gasteiger charge is 2.18. The van der Waals surface area contributed by atoms with Crippen LogP contribution in [-0.4, -0.2) is 35.8 Å². The fourth-order valence-electron chi connectivity index (χ4n) is 2.83. The highest BCUT2D eigenvalue weighted by molar-refractivity contribution is 6.44. The van der Waals surface area contributed by atoms with E-state index in [9.17, 15) is 5.26 Å². The topological polar surface area (TPSA) is 106 Å². The number of hydrogen-bond donors (Lipinski definition) is 3. The molecule has 7 nitrogen and oxygen atoms in total. The average molecular weight is 362 g/mol. The summed E-state index contributed by atoms with van der Waals surface area (Å²) in [5, 5.41) is 25.8. The molecule has 0 saturated carbocycles. The molecule has 1 atom stereocenters. The fourth-order valence-corrected chi connectivity index (χ4v) is 2.83. The Hall–Kier alpha value is -3.24. The summed E-state index contributed by atoms with van der Waals surface area (Å²) in [5.74, 6) is 0.495. The number of allylic oxidation sites excluding steroid dienone is 1. The number of hydrogen-bond acceptors (Lipinski definition) is 7. The second kappa shape index (κ2) is 8.92. The first-order valence-electron chi connectivity index (χ1n) is 8.88. The Bertz CT molecular complexity index is 921. The molecule has 3 rings (SSSR count). The zero-order chi connectivity index (χ0) is 19.1. The Labute approximate surface area is 158 Å². The molecule has 1 fully saturated rings. The number of pyridine rings is 1. The second-order valence-corrected chi connectivity index (χ2v) is 6.36. The van der Waals surface area contributed by atoms with Gasteiger partial charge in [-0.25, -0.2) is 9.98 Å². The lowest BCUT2D eigenvalue weighted by Gasteiger charge is -2.23. The lowest BCUT2D eigenvalue weighted by Crippen LogP contribution is -2.37. The minimum absolute atomic E-state index is 0.0480. The van der Waals surface area contributed by atoms with Crippen LogP contribution in [0.3, 0.4) is 0 Å². The van der Waals surface area contributed by atoms with Crippen LogP contribution in [0.5, 0.6) is 0 Å². The highest BCUT2D eigenvalue weighted by Crippen LogP contribution is 2.17. The van der Waals surface area contributed by atoms with E-state index in [2.05, 4.69) is 20.6 Å². The molecule has 2 aromatic rings. The number of piperidine rings is 1. The third-order valence-electron chi connectivity index (χ3n) is 4.20. The molecule has 1 aliphatic heterocycles. The van der Waals surface area contributed by atoms with E-state index in [1.54, 1.807) is 6.20 Å². The molecule has 0 spiro atoms. The lowest BCUT2D eigenvalue weighted by molar-refractivity contribution is 0.157. The standard InChI is InChI=1S/C20H22N6O/c1-14(26-19-9-15-5-2-3-6-16(15)12-25-19)11-24-18(10-21)20(22)27-17-7-4-8-23-13-17/h2-3,5-6,9,11-12,17,22-23H,4,7-8,13H2,1H3,(H,25,26)/b14-11+,22-20?,24-18-. The van der Waals surface area contributed by atoms with Crippen LogP contribution in [0.1, 0.15) is 19.8 Å². The zero-order valence-electron chi connectivity index (χ0n) is 15.2. The van der Waals surface area contributed by atoms with Gasteiger partial charge in [0.15, 0.2) is 0 Å². The number of benzene rings is 1. The number of nitrogens with zero attached hydrogens (tertiary/aromatic N) is 3. The van der Waals surface area contributed by atoms with E-state index in [0.717, 1.165) is 30.2 Å². The van der Waals surface area contributed by atoms with Gasteiger partial charge in [-0.2, -0.15) is 5.26 Å². The summed E-state index contributed by atoms with van der Waals surface area (Å²) in [4.78, 5) is 8.47. The first-order valence-corrected chi connectivity index (χ1v) is 8.88. The first kappa shape index (κ1) is 18.5. The Morgan fingerprint density at radius 2 is 2.26 bits per heavy atom. The highest BCUT2D eigenvalue weighted by atomic mass is 16.5. The largest absolute Gasteiger partial charge is 0.471 e. The summed E-state index contributed by atoms with van der Waals surface area (Å²) < 4.78 is 5.55. The molecule has 1 aromatic heterocycles. The van der Waals surface area contributed by atoms with Gasteiger partial charge in [-0.3, -0.25) is 5.41 Å². The molecule has 1 aliphatic rings. The van der Waals surface area contributed by atoms with Crippen molar-refractivity contribution in [1.82, 2.24) is 10.3 Å². The van der Waals surface area contributed by atoms with Gasteiger partial charge < -0.3 is 15.4 Å². The van der Waals surface area contributed by atoms with Crippen LogP contribution in [0.15, 0.2) is 53.4 Å². The van der Waals surface area contributed by atoms with Crippen molar-refractivity contribution >= 4 is 28.2 Å². The predicted octanol–water partition coefficient (Wildman–Crippen LogP) is 3.22. The number of nitrogens with one attached hydrogen (secondary N) is 3. The summed E-state index contributed by atoms with van der Waals surface area (Å²) in [6.45, 7) is 3.47. The van der Waals surface area contributed by atoms with Crippen molar-refractivity contribution in [1.29, 1.82) is 10.7 Å². The number of aromatic nitrogens is 1. The van der Waals surface area contributed by atoms with Crippen molar-refractivity contribution in [2.45, 2.75) is 25.9 Å². The van der Waals surface area contributed by atoms with E-state index in [-0.39, 0.29) is 17.7 Å². The van der Waals surface area contributed by atoms with Crippen LogP contribution in [-0.2, 0) is 4.74 Å². The van der Waals surface area contributed by atoms with Crippen molar-refractivity contribution in [2.24, 2.45) is 4.99 Å². The molecule has 0 radical (unpaired) electrons. The van der Waals surface area contributed by atoms with E-state index in [0.29, 0.717) is 18.1 Å². The van der Waals surface area contributed by atoms with Gasteiger partial charge in [-0.15, -0.1) is 0 Å². The van der Waals surface area contributed by atoms with Gasteiger partial charge in [0.2, 0.25) is 11.6 Å². The maximum absolute atomic E-state index is 9.27. The zero-order valence-corrected chi connectivity index (χ0v) is 15.2. The lowest BCUT2D eigenvalue weighted by atomic mass is 10.1. The van der Waals surface area contributed by atoms with E-state index in [4.69, 9.17) is 10.1 Å². The van der Waals surface area contributed by atoms with E-state index in [1.165, 1.54) is 6.20 Å². The first-order chi connectivity index (χ1) is 13.2. The van der Waals surface area contributed by atoms with Crippen LogP contribution >= 0.6 is 0 Å². The summed E-state index contributed by atoms with van der Waals surface area (Å²) in [6.07, 6.45) is 5.09. The number of ether oxygens (including phenoxy) is 1. The Kier molecular flexibility index (Phi) is 6.13. The van der Waals surface area contributed by atoms with Crippen LogP contribution < -0.4 is 10.6 Å². The second-order valence-electron chi connectivity index (χ2n) is 6.36. The summed E-state index contributed by atoms with van der Waals surface area (Å²) in [6, 6.07) is 11.9. The molecule has 0 amide bonds. The van der Waals surface area contributed by atoms with Crippen LogP contribution in [0.2, 0.25) is 0 Å². The molecule has 7 heteroatoms. The minimum Gasteiger partial charge on any atom is -0.471 e. The van der Waals surface area contributed by atoms with Gasteiger partial charge in [0.05, 0.1) is 0 Å². The Balaban J connectivity index is 1.65. The van der Waals surface area contributed by atoms with Crippen molar-refractivity contribution < 1.29 is 4.74 Å². The maximum atomic E-state index is 9.27. The third kappa shape index (κ3) is 5.12. The van der Waals surface area contributed by atoms with E-state index < -0.39 is 0 Å². The smallest absolute Gasteiger partial charge is 0.243 e. The summed E-state index contributed by atoms with van der Waals surface area (Å²) in [5.41, 5.74) is 0.658. The monoisotopic (exact) mass is 362 g/mol. The number of fused-ring (bicyclic) bond motifs is 1. The average Bonchev–Trinajstić information content (AvgIpc) is 2.69.